The van der Waals surface area contributed by atoms with Crippen molar-refractivity contribution in [2.75, 3.05) is 7.11 Å². The molecule has 1 aromatic heterocycles. The molecule has 0 N–H and O–H groups in total. The highest BCUT2D eigenvalue weighted by Crippen LogP contribution is 2.28. The van der Waals surface area contributed by atoms with E-state index in [1.165, 1.54) is 7.11 Å². The van der Waals surface area contributed by atoms with Crippen molar-refractivity contribution in [1.82, 2.24) is 4.98 Å². The van der Waals surface area contributed by atoms with Crippen LogP contribution in [0.5, 0.6) is 5.88 Å². The monoisotopic (exact) mass is 212 g/mol. The minimum atomic E-state index is -2.58. The summed E-state index contributed by atoms with van der Waals surface area (Å²) in [6.07, 6.45) is -1.48. The fourth-order valence-corrected chi connectivity index (χ4v) is 1.32. The fraction of sp³-hybridized carbons (Fsp3) is 0.400. The summed E-state index contributed by atoms with van der Waals surface area (Å²) in [6, 6.07) is 1.90. The topological polar surface area (TPSA) is 45.9 Å². The van der Waals surface area contributed by atoms with Gasteiger partial charge in [0.05, 0.1) is 19.6 Å². The second-order valence-electron chi connectivity index (χ2n) is 2.96. The van der Waals surface area contributed by atoms with E-state index in [1.807, 2.05) is 6.07 Å². The number of ether oxygens (including phenoxy) is 1. The summed E-state index contributed by atoms with van der Waals surface area (Å²) in [5.74, 6) is 0.235. The van der Waals surface area contributed by atoms with Crippen molar-refractivity contribution >= 4 is 0 Å². The first-order chi connectivity index (χ1) is 7.11. The second kappa shape index (κ2) is 4.69. The molecule has 0 amide bonds. The number of halogens is 2. The van der Waals surface area contributed by atoms with Crippen molar-refractivity contribution in [3.05, 3.63) is 22.9 Å². The second-order valence-corrected chi connectivity index (χ2v) is 2.96. The van der Waals surface area contributed by atoms with Crippen LogP contribution in [0.25, 0.3) is 0 Å². The molecule has 0 spiro atoms. The third-order valence-corrected chi connectivity index (χ3v) is 2.15. The van der Waals surface area contributed by atoms with Crippen molar-refractivity contribution < 1.29 is 13.5 Å². The normalized spacial score (nSPS) is 10.1. The first kappa shape index (κ1) is 11.4. The van der Waals surface area contributed by atoms with Gasteiger partial charge in [0.2, 0.25) is 5.88 Å². The minimum Gasteiger partial charge on any atom is -0.481 e. The molecular formula is C10H10F2N2O. The quantitative estimate of drug-likeness (QED) is 0.772. The number of rotatable bonds is 3. The molecule has 0 fully saturated rings. The van der Waals surface area contributed by atoms with Gasteiger partial charge < -0.3 is 4.74 Å². The van der Waals surface area contributed by atoms with Crippen LogP contribution < -0.4 is 4.74 Å². The number of nitrogens with zero attached hydrogens (tertiary/aromatic N) is 2. The number of pyridine rings is 1. The van der Waals surface area contributed by atoms with Crippen LogP contribution in [0.4, 0.5) is 8.78 Å². The zero-order valence-electron chi connectivity index (χ0n) is 8.42. The predicted octanol–water partition coefficient (Wildman–Crippen LogP) is 2.40. The van der Waals surface area contributed by atoms with E-state index in [0.29, 0.717) is 11.1 Å². The van der Waals surface area contributed by atoms with Gasteiger partial charge in [0.1, 0.15) is 0 Å². The van der Waals surface area contributed by atoms with E-state index in [-0.39, 0.29) is 17.9 Å². The Kier molecular flexibility index (Phi) is 3.56. The van der Waals surface area contributed by atoms with E-state index in [9.17, 15) is 8.78 Å². The number of hydrogen-bond donors (Lipinski definition) is 0. The van der Waals surface area contributed by atoms with Gasteiger partial charge in [-0.05, 0) is 12.5 Å². The van der Waals surface area contributed by atoms with Crippen LogP contribution in [0.2, 0.25) is 0 Å². The van der Waals surface area contributed by atoms with Gasteiger partial charge in [0.25, 0.3) is 6.43 Å². The van der Waals surface area contributed by atoms with Crippen LogP contribution in [0.3, 0.4) is 0 Å². The minimum absolute atomic E-state index is 0.0164. The van der Waals surface area contributed by atoms with Crippen molar-refractivity contribution in [3.63, 3.8) is 0 Å². The molecule has 0 aliphatic rings. The SMILES string of the molecule is COc1ncc(C(F)F)c(C)c1CC#N. The Morgan fingerprint density at radius 2 is 2.27 bits per heavy atom. The number of hydrogen-bond acceptors (Lipinski definition) is 3. The molecule has 15 heavy (non-hydrogen) atoms. The average Bonchev–Trinajstić information content (AvgIpc) is 2.20. The maximum absolute atomic E-state index is 12.5. The lowest BCUT2D eigenvalue weighted by Crippen LogP contribution is -2.02. The molecule has 0 aliphatic carbocycles. The van der Waals surface area contributed by atoms with Crippen molar-refractivity contribution in [2.45, 2.75) is 19.8 Å². The van der Waals surface area contributed by atoms with Crippen molar-refractivity contribution in [1.29, 1.82) is 5.26 Å². The molecule has 1 heterocycles. The average molecular weight is 212 g/mol. The van der Waals surface area contributed by atoms with Crippen LogP contribution in [-0.4, -0.2) is 12.1 Å². The van der Waals surface area contributed by atoms with E-state index >= 15 is 0 Å². The Labute approximate surface area is 86.3 Å². The molecule has 5 heteroatoms. The van der Waals surface area contributed by atoms with E-state index in [0.717, 1.165) is 6.20 Å². The standard InChI is InChI=1S/C10H10F2N2O/c1-6-7(3-4-13)10(15-2)14-5-8(6)9(11)12/h5,9H,3H2,1-2H3. The van der Waals surface area contributed by atoms with E-state index in [1.54, 1.807) is 6.92 Å². The summed E-state index contributed by atoms with van der Waals surface area (Å²) >= 11 is 0. The van der Waals surface area contributed by atoms with Crippen LogP contribution >= 0.6 is 0 Å². The molecule has 0 saturated carbocycles. The largest absolute Gasteiger partial charge is 0.481 e. The van der Waals surface area contributed by atoms with Gasteiger partial charge in [0, 0.05) is 17.3 Å². The maximum atomic E-state index is 12.5. The highest BCUT2D eigenvalue weighted by Gasteiger charge is 2.17. The Hall–Kier alpha value is -1.70. The summed E-state index contributed by atoms with van der Waals surface area (Å²) < 4.78 is 29.9. The van der Waals surface area contributed by atoms with Gasteiger partial charge in [-0.1, -0.05) is 0 Å². The van der Waals surface area contributed by atoms with Gasteiger partial charge in [-0.2, -0.15) is 5.26 Å². The van der Waals surface area contributed by atoms with Crippen LogP contribution in [0.1, 0.15) is 23.1 Å². The third kappa shape index (κ3) is 2.21. The van der Waals surface area contributed by atoms with Gasteiger partial charge >= 0.3 is 0 Å². The highest BCUT2D eigenvalue weighted by molar-refractivity contribution is 5.41. The summed E-state index contributed by atoms with van der Waals surface area (Å²) in [4.78, 5) is 3.74. The van der Waals surface area contributed by atoms with Crippen molar-refractivity contribution in [3.8, 4) is 11.9 Å². The Morgan fingerprint density at radius 3 is 2.73 bits per heavy atom. The molecule has 0 saturated heterocycles. The molecule has 1 aromatic rings. The Morgan fingerprint density at radius 1 is 1.60 bits per heavy atom. The first-order valence-electron chi connectivity index (χ1n) is 4.29. The third-order valence-electron chi connectivity index (χ3n) is 2.15. The summed E-state index contributed by atoms with van der Waals surface area (Å²) in [5.41, 5.74) is 0.650. The van der Waals surface area contributed by atoms with Gasteiger partial charge in [-0.25, -0.2) is 13.8 Å². The van der Waals surface area contributed by atoms with Crippen LogP contribution in [0, 0.1) is 18.3 Å². The zero-order chi connectivity index (χ0) is 11.4. The highest BCUT2D eigenvalue weighted by atomic mass is 19.3. The lowest BCUT2D eigenvalue weighted by atomic mass is 10.0. The Bertz CT molecular complexity index is 399. The number of aromatic nitrogens is 1. The fourth-order valence-electron chi connectivity index (χ4n) is 1.32. The van der Waals surface area contributed by atoms with E-state index in [4.69, 9.17) is 10.00 Å². The van der Waals surface area contributed by atoms with Crippen molar-refractivity contribution in [2.24, 2.45) is 0 Å². The molecule has 1 rings (SSSR count). The van der Waals surface area contributed by atoms with Crippen LogP contribution in [0.15, 0.2) is 6.20 Å². The molecule has 0 bridgehead atoms. The number of nitriles is 1. The zero-order valence-corrected chi connectivity index (χ0v) is 8.42. The molecule has 80 valence electrons. The molecule has 3 nitrogen and oxygen atoms in total. The summed E-state index contributed by atoms with van der Waals surface area (Å²) in [7, 11) is 1.39. The molecule has 0 aliphatic heterocycles. The maximum Gasteiger partial charge on any atom is 0.265 e. The van der Waals surface area contributed by atoms with Gasteiger partial charge in [0.15, 0.2) is 0 Å². The van der Waals surface area contributed by atoms with Gasteiger partial charge in [-0.15, -0.1) is 0 Å². The van der Waals surface area contributed by atoms with E-state index < -0.39 is 6.43 Å². The Balaban J connectivity index is 3.30. The van der Waals surface area contributed by atoms with Gasteiger partial charge in [-0.3, -0.25) is 0 Å². The summed E-state index contributed by atoms with van der Waals surface area (Å²) in [5, 5.41) is 8.57. The summed E-state index contributed by atoms with van der Waals surface area (Å²) in [6.45, 7) is 1.54. The smallest absolute Gasteiger partial charge is 0.265 e. The molecular weight excluding hydrogens is 202 g/mol. The molecule has 0 aromatic carbocycles. The number of alkyl halides is 2. The molecule has 0 atom stereocenters. The lowest BCUT2D eigenvalue weighted by molar-refractivity contribution is 0.150. The van der Waals surface area contributed by atoms with Crippen LogP contribution in [-0.2, 0) is 6.42 Å². The predicted molar refractivity (Wildman–Crippen MR) is 49.8 cm³/mol. The molecule has 0 unspecified atom stereocenters. The van der Waals surface area contributed by atoms with E-state index in [2.05, 4.69) is 4.98 Å². The first-order valence-corrected chi connectivity index (χ1v) is 4.29. The number of methoxy groups -OCH3 is 1. The molecule has 0 radical (unpaired) electrons. The lowest BCUT2D eigenvalue weighted by Gasteiger charge is -2.11.